The first-order valence-electron chi connectivity index (χ1n) is 7.87. The molecule has 0 bridgehead atoms. The Morgan fingerprint density at radius 3 is 2.35 bits per heavy atom. The fraction of sp³-hybridized carbons (Fsp3) is 0.625. The number of hydrogen-bond donors (Lipinski definition) is 1. The van der Waals surface area contributed by atoms with Crippen molar-refractivity contribution in [2.45, 2.75) is 26.7 Å². The van der Waals surface area contributed by atoms with Gasteiger partial charge >= 0.3 is 0 Å². The number of carbonyl (C=O) groups is 1. The lowest BCUT2D eigenvalue weighted by atomic mass is 9.96. The Morgan fingerprint density at radius 1 is 1.26 bits per heavy atom. The van der Waals surface area contributed by atoms with Crippen molar-refractivity contribution < 1.29 is 4.79 Å². The second-order valence-corrected chi connectivity index (χ2v) is 5.70. The number of rotatable bonds is 5. The quantitative estimate of drug-likeness (QED) is 0.874. The highest BCUT2D eigenvalue weighted by atomic mass is 35.5. The van der Waals surface area contributed by atoms with Crippen LogP contribution in [0.2, 0.25) is 0 Å². The van der Waals surface area contributed by atoms with E-state index in [1.54, 1.807) is 18.3 Å². The van der Waals surface area contributed by atoms with Crippen LogP contribution in [-0.2, 0) is 0 Å². The lowest BCUT2D eigenvalue weighted by molar-refractivity contribution is 0.0664. The lowest BCUT2D eigenvalue weighted by Gasteiger charge is -2.34. The normalized spacial score (nSPS) is 15.0. The molecule has 0 saturated carbocycles. The van der Waals surface area contributed by atoms with Gasteiger partial charge in [0.25, 0.3) is 5.91 Å². The Bertz CT molecular complexity index is 458. The number of hydrogen-bond acceptors (Lipinski definition) is 4. The van der Waals surface area contributed by atoms with Gasteiger partial charge in [-0.3, -0.25) is 4.79 Å². The SMILES string of the molecule is CCN(CC)CC1CCN(C(=O)c2ccc(N)cn2)CC1.Cl.Cl. The zero-order valence-corrected chi connectivity index (χ0v) is 15.5. The Morgan fingerprint density at radius 2 is 1.87 bits per heavy atom. The van der Waals surface area contributed by atoms with E-state index in [9.17, 15) is 4.79 Å². The van der Waals surface area contributed by atoms with Gasteiger partial charge in [-0.25, -0.2) is 4.98 Å². The molecule has 1 aromatic rings. The molecule has 0 unspecified atom stereocenters. The summed E-state index contributed by atoms with van der Waals surface area (Å²) in [6.07, 6.45) is 3.70. The number of pyridine rings is 1. The van der Waals surface area contributed by atoms with Crippen LogP contribution in [0.1, 0.15) is 37.2 Å². The number of piperidine rings is 1. The Kier molecular flexibility index (Phi) is 10.2. The molecule has 0 spiro atoms. The number of amides is 1. The molecule has 7 heteroatoms. The first kappa shape index (κ1) is 22.0. The number of aromatic nitrogens is 1. The first-order chi connectivity index (χ1) is 10.1. The van der Waals surface area contributed by atoms with Gasteiger partial charge in [0.1, 0.15) is 5.69 Å². The van der Waals surface area contributed by atoms with E-state index in [1.807, 2.05) is 4.90 Å². The van der Waals surface area contributed by atoms with E-state index < -0.39 is 0 Å². The summed E-state index contributed by atoms with van der Waals surface area (Å²) in [6.45, 7) is 9.42. The minimum atomic E-state index is 0. The second-order valence-electron chi connectivity index (χ2n) is 5.70. The van der Waals surface area contributed by atoms with Gasteiger partial charge in [0.15, 0.2) is 0 Å². The molecule has 132 valence electrons. The van der Waals surface area contributed by atoms with E-state index >= 15 is 0 Å². The summed E-state index contributed by atoms with van der Waals surface area (Å²) in [6, 6.07) is 3.44. The number of likely N-dealkylation sites (tertiary alicyclic amines) is 1. The Balaban J connectivity index is 0.00000242. The van der Waals surface area contributed by atoms with Crippen molar-refractivity contribution in [2.75, 3.05) is 38.5 Å². The summed E-state index contributed by atoms with van der Waals surface area (Å²) in [4.78, 5) is 20.9. The maximum absolute atomic E-state index is 12.4. The van der Waals surface area contributed by atoms with Crippen molar-refractivity contribution in [2.24, 2.45) is 5.92 Å². The minimum absolute atomic E-state index is 0. The molecule has 1 saturated heterocycles. The highest BCUT2D eigenvalue weighted by Gasteiger charge is 2.25. The average molecular weight is 363 g/mol. The molecule has 2 rings (SSSR count). The van der Waals surface area contributed by atoms with Crippen molar-refractivity contribution in [1.29, 1.82) is 0 Å². The smallest absolute Gasteiger partial charge is 0.272 e. The van der Waals surface area contributed by atoms with Crippen LogP contribution in [0.25, 0.3) is 0 Å². The molecule has 0 radical (unpaired) electrons. The van der Waals surface area contributed by atoms with Crippen molar-refractivity contribution in [3.05, 3.63) is 24.0 Å². The number of nitrogen functional groups attached to an aromatic ring is 1. The van der Waals surface area contributed by atoms with Gasteiger partial charge in [-0.2, -0.15) is 0 Å². The lowest BCUT2D eigenvalue weighted by Crippen LogP contribution is -2.41. The molecule has 2 heterocycles. The van der Waals surface area contributed by atoms with Crippen LogP contribution >= 0.6 is 24.8 Å². The molecule has 23 heavy (non-hydrogen) atoms. The van der Waals surface area contributed by atoms with Gasteiger partial charge in [-0.1, -0.05) is 13.8 Å². The molecule has 1 amide bonds. The van der Waals surface area contributed by atoms with E-state index in [1.165, 1.54) is 0 Å². The summed E-state index contributed by atoms with van der Waals surface area (Å²) >= 11 is 0. The summed E-state index contributed by atoms with van der Waals surface area (Å²) in [5, 5.41) is 0. The van der Waals surface area contributed by atoms with Gasteiger partial charge in [-0.15, -0.1) is 24.8 Å². The molecule has 2 N–H and O–H groups in total. The number of anilines is 1. The molecule has 0 atom stereocenters. The monoisotopic (exact) mass is 362 g/mol. The van der Waals surface area contributed by atoms with E-state index in [-0.39, 0.29) is 30.7 Å². The second kappa shape index (κ2) is 10.7. The van der Waals surface area contributed by atoms with Crippen LogP contribution in [0.5, 0.6) is 0 Å². The molecule has 1 aliphatic rings. The van der Waals surface area contributed by atoms with Gasteiger partial charge < -0.3 is 15.5 Å². The zero-order valence-electron chi connectivity index (χ0n) is 13.9. The summed E-state index contributed by atoms with van der Waals surface area (Å²) in [5.41, 5.74) is 6.68. The molecule has 1 aliphatic heterocycles. The predicted octanol–water partition coefficient (Wildman–Crippen LogP) is 2.70. The van der Waals surface area contributed by atoms with E-state index in [0.29, 0.717) is 17.3 Å². The third-order valence-electron chi connectivity index (χ3n) is 4.32. The predicted molar refractivity (Wildman–Crippen MR) is 99.6 cm³/mol. The molecular formula is C16H28Cl2N4O. The molecule has 0 aliphatic carbocycles. The van der Waals surface area contributed by atoms with Crippen LogP contribution in [-0.4, -0.2) is 53.4 Å². The van der Waals surface area contributed by atoms with Gasteiger partial charge in [0.05, 0.1) is 11.9 Å². The Labute approximate surface area is 151 Å². The van der Waals surface area contributed by atoms with Crippen LogP contribution < -0.4 is 5.73 Å². The van der Waals surface area contributed by atoms with Crippen LogP contribution in [0, 0.1) is 5.92 Å². The minimum Gasteiger partial charge on any atom is -0.397 e. The van der Waals surface area contributed by atoms with Crippen molar-refractivity contribution in [1.82, 2.24) is 14.8 Å². The third-order valence-corrected chi connectivity index (χ3v) is 4.32. The van der Waals surface area contributed by atoms with Crippen molar-refractivity contribution in [3.63, 3.8) is 0 Å². The maximum atomic E-state index is 12.4. The van der Waals surface area contributed by atoms with Crippen LogP contribution in [0.15, 0.2) is 18.3 Å². The number of carbonyl (C=O) groups excluding carboxylic acids is 1. The highest BCUT2D eigenvalue weighted by Crippen LogP contribution is 2.20. The van der Waals surface area contributed by atoms with Crippen LogP contribution in [0.3, 0.4) is 0 Å². The molecule has 0 aromatic carbocycles. The highest BCUT2D eigenvalue weighted by molar-refractivity contribution is 5.92. The summed E-state index contributed by atoms with van der Waals surface area (Å²) < 4.78 is 0. The maximum Gasteiger partial charge on any atom is 0.272 e. The van der Waals surface area contributed by atoms with Gasteiger partial charge in [0, 0.05) is 19.6 Å². The van der Waals surface area contributed by atoms with Gasteiger partial charge in [-0.05, 0) is 44.0 Å². The van der Waals surface area contributed by atoms with Crippen molar-refractivity contribution >= 4 is 36.4 Å². The van der Waals surface area contributed by atoms with Crippen molar-refractivity contribution in [3.8, 4) is 0 Å². The number of nitrogens with zero attached hydrogens (tertiary/aromatic N) is 3. The molecule has 1 fully saturated rings. The van der Waals surface area contributed by atoms with E-state index in [4.69, 9.17) is 5.73 Å². The molecule has 5 nitrogen and oxygen atoms in total. The average Bonchev–Trinajstić information content (AvgIpc) is 2.53. The zero-order chi connectivity index (χ0) is 15.2. The third kappa shape index (κ3) is 6.16. The van der Waals surface area contributed by atoms with Crippen LogP contribution in [0.4, 0.5) is 5.69 Å². The largest absolute Gasteiger partial charge is 0.397 e. The Hall–Kier alpha value is -1.04. The standard InChI is InChI=1S/C16H26N4O.2ClH/c1-3-19(4-2)12-13-7-9-20(10-8-13)16(21)15-6-5-14(17)11-18-15;;/h5-6,11,13H,3-4,7-10,12,17H2,1-2H3;2*1H. The number of nitrogens with two attached hydrogens (primary N) is 1. The molecular weight excluding hydrogens is 335 g/mol. The summed E-state index contributed by atoms with van der Waals surface area (Å²) in [5.74, 6) is 0.726. The van der Waals surface area contributed by atoms with E-state index in [0.717, 1.165) is 45.6 Å². The topological polar surface area (TPSA) is 62.5 Å². The fourth-order valence-electron chi connectivity index (χ4n) is 2.86. The fourth-order valence-corrected chi connectivity index (χ4v) is 2.86. The molecule has 1 aromatic heterocycles. The number of halogens is 2. The van der Waals surface area contributed by atoms with Gasteiger partial charge in [0.2, 0.25) is 0 Å². The first-order valence-corrected chi connectivity index (χ1v) is 7.87. The summed E-state index contributed by atoms with van der Waals surface area (Å²) in [7, 11) is 0. The van der Waals surface area contributed by atoms with E-state index in [2.05, 4.69) is 23.7 Å².